The maximum atomic E-state index is 11.9. The molecule has 0 aliphatic rings. The Kier molecular flexibility index (Phi) is 5.52. The molecule has 0 bridgehead atoms. The fourth-order valence-corrected chi connectivity index (χ4v) is 2.96. The Hall–Kier alpha value is -2.75. The SMILES string of the molecule is CN=C(c1ccc(-c2ccccc2)cc1)C(C)(C)C(C)C(=O)C(=O)O. The highest BCUT2D eigenvalue weighted by molar-refractivity contribution is 6.34. The number of nitrogens with zero attached hydrogens (tertiary/aromatic N) is 1. The van der Waals surface area contributed by atoms with Gasteiger partial charge in [0.05, 0.1) is 0 Å². The second-order valence-corrected chi connectivity index (χ2v) is 6.63. The summed E-state index contributed by atoms with van der Waals surface area (Å²) in [6.07, 6.45) is 0. The molecule has 4 heteroatoms. The maximum absolute atomic E-state index is 11.9. The van der Waals surface area contributed by atoms with Crippen LogP contribution in [0.1, 0.15) is 26.3 Å². The lowest BCUT2D eigenvalue weighted by Gasteiger charge is -2.31. The number of benzene rings is 2. The van der Waals surface area contributed by atoms with Gasteiger partial charge in [-0.15, -0.1) is 0 Å². The lowest BCUT2D eigenvalue weighted by molar-refractivity contribution is -0.151. The molecular weight excluding hydrogens is 314 g/mol. The first-order valence-electron chi connectivity index (χ1n) is 8.19. The minimum absolute atomic E-state index is 0.683. The average Bonchev–Trinajstić information content (AvgIpc) is 2.62. The predicted octanol–water partition coefficient (Wildman–Crippen LogP) is 4.09. The van der Waals surface area contributed by atoms with Gasteiger partial charge < -0.3 is 5.11 Å². The van der Waals surface area contributed by atoms with Gasteiger partial charge in [0.15, 0.2) is 0 Å². The quantitative estimate of drug-likeness (QED) is 0.638. The van der Waals surface area contributed by atoms with Crippen LogP contribution in [0.5, 0.6) is 0 Å². The Morgan fingerprint density at radius 2 is 1.48 bits per heavy atom. The molecule has 0 spiro atoms. The number of carboxylic acids is 1. The largest absolute Gasteiger partial charge is 0.475 e. The van der Waals surface area contributed by atoms with Gasteiger partial charge in [-0.1, -0.05) is 75.4 Å². The van der Waals surface area contributed by atoms with Crippen molar-refractivity contribution in [1.82, 2.24) is 0 Å². The van der Waals surface area contributed by atoms with Crippen LogP contribution in [-0.4, -0.2) is 29.6 Å². The summed E-state index contributed by atoms with van der Waals surface area (Å²) in [4.78, 5) is 27.3. The van der Waals surface area contributed by atoms with Crippen LogP contribution >= 0.6 is 0 Å². The summed E-state index contributed by atoms with van der Waals surface area (Å²) >= 11 is 0. The van der Waals surface area contributed by atoms with Crippen molar-refractivity contribution < 1.29 is 14.7 Å². The van der Waals surface area contributed by atoms with Crippen molar-refractivity contribution in [3.8, 4) is 11.1 Å². The molecule has 25 heavy (non-hydrogen) atoms. The number of Topliss-reactive ketones (excluding diaryl/α,β-unsaturated/α-hetero) is 1. The van der Waals surface area contributed by atoms with Crippen molar-refractivity contribution >= 4 is 17.5 Å². The molecule has 1 unspecified atom stereocenters. The lowest BCUT2D eigenvalue weighted by atomic mass is 9.71. The van der Waals surface area contributed by atoms with Crippen molar-refractivity contribution in [3.05, 3.63) is 60.2 Å². The van der Waals surface area contributed by atoms with Crippen molar-refractivity contribution in [2.75, 3.05) is 7.05 Å². The Bertz CT molecular complexity index is 790. The summed E-state index contributed by atoms with van der Waals surface area (Å²) in [5.74, 6) is -2.89. The van der Waals surface area contributed by atoms with Crippen molar-refractivity contribution in [3.63, 3.8) is 0 Å². The van der Waals surface area contributed by atoms with Gasteiger partial charge in [-0.05, 0) is 16.7 Å². The van der Waals surface area contributed by atoms with Crippen molar-refractivity contribution in [2.45, 2.75) is 20.8 Å². The second kappa shape index (κ2) is 7.43. The number of ketones is 1. The fraction of sp³-hybridized carbons (Fsp3) is 0.286. The molecule has 0 aromatic heterocycles. The zero-order chi connectivity index (χ0) is 18.6. The Labute approximate surface area is 148 Å². The number of aliphatic carboxylic acids is 1. The van der Waals surface area contributed by atoms with Gasteiger partial charge >= 0.3 is 5.97 Å². The minimum Gasteiger partial charge on any atom is -0.475 e. The summed E-state index contributed by atoms with van der Waals surface area (Å²) < 4.78 is 0. The molecule has 0 fully saturated rings. The van der Waals surface area contributed by atoms with Gasteiger partial charge in [0.2, 0.25) is 5.78 Å². The lowest BCUT2D eigenvalue weighted by Crippen LogP contribution is -2.39. The Morgan fingerprint density at radius 1 is 0.960 bits per heavy atom. The third-order valence-corrected chi connectivity index (χ3v) is 4.79. The number of aliphatic imine (C=N–C) groups is 1. The Balaban J connectivity index is 2.35. The highest BCUT2D eigenvalue weighted by atomic mass is 16.4. The molecule has 130 valence electrons. The molecular formula is C21H23NO3. The van der Waals surface area contributed by atoms with Gasteiger partial charge in [0.25, 0.3) is 0 Å². The topological polar surface area (TPSA) is 66.7 Å². The van der Waals surface area contributed by atoms with E-state index in [1.165, 1.54) is 0 Å². The number of carboxylic acid groups (broad SMARTS) is 1. The molecule has 2 aromatic rings. The van der Waals surface area contributed by atoms with Gasteiger partial charge in [0, 0.05) is 24.1 Å². The zero-order valence-electron chi connectivity index (χ0n) is 15.0. The zero-order valence-corrected chi connectivity index (χ0v) is 15.0. The van der Waals surface area contributed by atoms with E-state index in [0.717, 1.165) is 16.7 Å². The summed E-state index contributed by atoms with van der Waals surface area (Å²) in [7, 11) is 1.67. The molecule has 2 rings (SSSR count). The third-order valence-electron chi connectivity index (χ3n) is 4.79. The first-order chi connectivity index (χ1) is 11.8. The molecule has 4 nitrogen and oxygen atoms in total. The van der Waals surface area contributed by atoms with Crippen LogP contribution in [0.4, 0.5) is 0 Å². The van der Waals surface area contributed by atoms with Crippen LogP contribution in [0, 0.1) is 11.3 Å². The van der Waals surface area contributed by atoms with E-state index in [1.807, 2.05) is 68.4 Å². The molecule has 0 saturated heterocycles. The summed E-state index contributed by atoms with van der Waals surface area (Å²) in [5, 5.41) is 9.01. The average molecular weight is 337 g/mol. The monoisotopic (exact) mass is 337 g/mol. The second-order valence-electron chi connectivity index (χ2n) is 6.63. The van der Waals surface area contributed by atoms with E-state index in [4.69, 9.17) is 5.11 Å². The van der Waals surface area contributed by atoms with E-state index >= 15 is 0 Å². The maximum Gasteiger partial charge on any atom is 0.372 e. The van der Waals surface area contributed by atoms with E-state index < -0.39 is 23.1 Å². The smallest absolute Gasteiger partial charge is 0.372 e. The van der Waals surface area contributed by atoms with Crippen LogP contribution < -0.4 is 0 Å². The van der Waals surface area contributed by atoms with E-state index in [2.05, 4.69) is 4.99 Å². The molecule has 1 N–H and O–H groups in total. The minimum atomic E-state index is -1.41. The van der Waals surface area contributed by atoms with E-state index in [0.29, 0.717) is 5.71 Å². The number of hydrogen-bond donors (Lipinski definition) is 1. The Morgan fingerprint density at radius 3 is 1.96 bits per heavy atom. The molecule has 0 saturated carbocycles. The van der Waals surface area contributed by atoms with E-state index in [9.17, 15) is 9.59 Å². The van der Waals surface area contributed by atoms with Gasteiger partial charge in [-0.2, -0.15) is 0 Å². The molecule has 0 heterocycles. The van der Waals surface area contributed by atoms with Crippen LogP contribution in [-0.2, 0) is 9.59 Å². The molecule has 0 radical (unpaired) electrons. The number of carbonyl (C=O) groups excluding carboxylic acids is 1. The van der Waals surface area contributed by atoms with Crippen molar-refractivity contribution in [1.29, 1.82) is 0 Å². The number of carbonyl (C=O) groups is 2. The van der Waals surface area contributed by atoms with Crippen LogP contribution in [0.25, 0.3) is 11.1 Å². The van der Waals surface area contributed by atoms with E-state index in [1.54, 1.807) is 14.0 Å². The predicted molar refractivity (Wildman–Crippen MR) is 99.9 cm³/mol. The summed E-state index contributed by atoms with van der Waals surface area (Å²) in [6.45, 7) is 5.35. The first-order valence-corrected chi connectivity index (χ1v) is 8.19. The van der Waals surface area contributed by atoms with Crippen molar-refractivity contribution in [2.24, 2.45) is 16.3 Å². The summed E-state index contributed by atoms with van der Waals surface area (Å²) in [5.41, 5.74) is 3.12. The van der Waals surface area contributed by atoms with Crippen LogP contribution in [0.15, 0.2) is 59.6 Å². The number of rotatable bonds is 6. The molecule has 1 atom stereocenters. The molecule has 0 aliphatic heterocycles. The standard InChI is InChI=1S/C21H23NO3/c1-14(18(23)20(24)25)21(2,3)19(22-4)17-12-10-16(11-13-17)15-8-6-5-7-9-15/h5-14H,1-4H3,(H,24,25). The third kappa shape index (κ3) is 3.85. The molecule has 0 amide bonds. The highest BCUT2D eigenvalue weighted by Crippen LogP contribution is 2.33. The van der Waals surface area contributed by atoms with Crippen LogP contribution in [0.3, 0.4) is 0 Å². The van der Waals surface area contributed by atoms with Gasteiger partial charge in [-0.25, -0.2) is 4.79 Å². The van der Waals surface area contributed by atoms with E-state index in [-0.39, 0.29) is 0 Å². The normalized spacial score (nSPS) is 13.4. The van der Waals surface area contributed by atoms with Crippen LogP contribution in [0.2, 0.25) is 0 Å². The molecule has 2 aromatic carbocycles. The first kappa shape index (κ1) is 18.6. The highest BCUT2D eigenvalue weighted by Gasteiger charge is 2.39. The number of hydrogen-bond acceptors (Lipinski definition) is 3. The molecule has 0 aliphatic carbocycles. The fourth-order valence-electron chi connectivity index (χ4n) is 2.96. The summed E-state index contributed by atoms with van der Waals surface area (Å²) in [6, 6.07) is 18.0. The van der Waals surface area contributed by atoms with Gasteiger partial charge in [-0.3, -0.25) is 9.79 Å². The van der Waals surface area contributed by atoms with Gasteiger partial charge in [0.1, 0.15) is 0 Å².